The number of nitriles is 1. The SMILES string of the molecule is COC1CCC2(CC1)Cc1ccc(CCC3CC3)cc1C2=NC#N. The van der Waals surface area contributed by atoms with E-state index in [9.17, 15) is 5.26 Å². The molecule has 2 fully saturated rings. The number of aliphatic imine (C=N–C) groups is 1. The molecule has 0 heterocycles. The van der Waals surface area contributed by atoms with Gasteiger partial charge in [-0.1, -0.05) is 25.0 Å². The standard InChI is InChI=1S/C21H26N2O/c1-24-18-8-10-21(11-9-18)13-17-7-6-16(5-4-15-2-3-15)12-19(17)20(21)23-14-22/h6-7,12,15,18H,2-5,8-11,13H2,1H3. The topological polar surface area (TPSA) is 45.4 Å². The monoisotopic (exact) mass is 322 g/mol. The van der Waals surface area contributed by atoms with Crippen LogP contribution in [0.3, 0.4) is 0 Å². The van der Waals surface area contributed by atoms with E-state index in [1.807, 2.05) is 7.11 Å². The quantitative estimate of drug-likeness (QED) is 0.770. The molecular formula is C21H26N2O. The lowest BCUT2D eigenvalue weighted by atomic mass is 9.70. The summed E-state index contributed by atoms with van der Waals surface area (Å²) in [4.78, 5) is 4.32. The smallest absolute Gasteiger partial charge is 0.205 e. The average molecular weight is 322 g/mol. The lowest BCUT2D eigenvalue weighted by Crippen LogP contribution is -2.35. The molecular weight excluding hydrogens is 296 g/mol. The molecule has 4 rings (SSSR count). The van der Waals surface area contributed by atoms with E-state index in [4.69, 9.17) is 4.74 Å². The molecule has 0 saturated heterocycles. The zero-order valence-electron chi connectivity index (χ0n) is 14.6. The third-order valence-corrected chi connectivity index (χ3v) is 6.38. The van der Waals surface area contributed by atoms with Crippen molar-refractivity contribution in [1.29, 1.82) is 5.26 Å². The molecule has 0 amide bonds. The molecule has 0 aliphatic heterocycles. The molecule has 2 saturated carbocycles. The van der Waals surface area contributed by atoms with Gasteiger partial charge in [-0.25, -0.2) is 0 Å². The summed E-state index contributed by atoms with van der Waals surface area (Å²) in [7, 11) is 1.81. The number of fused-ring (bicyclic) bond motifs is 1. The zero-order chi connectivity index (χ0) is 16.6. The molecule has 0 atom stereocenters. The van der Waals surface area contributed by atoms with E-state index in [0.717, 1.165) is 50.2 Å². The third-order valence-electron chi connectivity index (χ3n) is 6.38. The Balaban J connectivity index is 1.60. The van der Waals surface area contributed by atoms with Crippen LogP contribution in [-0.4, -0.2) is 18.9 Å². The Kier molecular flexibility index (Phi) is 4.18. The van der Waals surface area contributed by atoms with Gasteiger partial charge in [-0.2, -0.15) is 10.3 Å². The lowest BCUT2D eigenvalue weighted by Gasteiger charge is -2.36. The molecule has 1 aromatic carbocycles. The second-order valence-electron chi connectivity index (χ2n) is 7.93. The van der Waals surface area contributed by atoms with Crippen molar-refractivity contribution < 1.29 is 4.74 Å². The Bertz CT molecular complexity index is 688. The normalized spacial score (nSPS) is 30.5. The summed E-state index contributed by atoms with van der Waals surface area (Å²) in [5.41, 5.74) is 5.18. The van der Waals surface area contributed by atoms with Crippen molar-refractivity contribution >= 4 is 5.71 Å². The van der Waals surface area contributed by atoms with Gasteiger partial charge in [-0.3, -0.25) is 0 Å². The van der Waals surface area contributed by atoms with E-state index in [1.54, 1.807) is 0 Å². The Morgan fingerprint density at radius 1 is 1.25 bits per heavy atom. The van der Waals surface area contributed by atoms with Crippen molar-refractivity contribution in [2.45, 2.75) is 63.9 Å². The van der Waals surface area contributed by atoms with Crippen LogP contribution in [0.1, 0.15) is 61.6 Å². The van der Waals surface area contributed by atoms with E-state index in [-0.39, 0.29) is 5.41 Å². The van der Waals surface area contributed by atoms with Crippen molar-refractivity contribution in [3.63, 3.8) is 0 Å². The van der Waals surface area contributed by atoms with E-state index in [1.165, 1.54) is 36.0 Å². The van der Waals surface area contributed by atoms with Gasteiger partial charge in [0.15, 0.2) is 0 Å². The summed E-state index contributed by atoms with van der Waals surface area (Å²) in [5.74, 6) is 0.959. The number of rotatable bonds is 4. The molecule has 0 unspecified atom stereocenters. The number of hydrogen-bond acceptors (Lipinski definition) is 3. The lowest BCUT2D eigenvalue weighted by molar-refractivity contribution is 0.0468. The second-order valence-corrected chi connectivity index (χ2v) is 7.93. The van der Waals surface area contributed by atoms with Crippen LogP contribution in [0.5, 0.6) is 0 Å². The molecule has 3 aliphatic rings. The van der Waals surface area contributed by atoms with Gasteiger partial charge in [-0.15, -0.1) is 0 Å². The van der Waals surface area contributed by atoms with Crippen LogP contribution in [0.4, 0.5) is 0 Å². The van der Waals surface area contributed by atoms with Crippen molar-refractivity contribution in [3.05, 3.63) is 34.9 Å². The first-order chi connectivity index (χ1) is 11.7. The highest BCUT2D eigenvalue weighted by Gasteiger charge is 2.45. The Morgan fingerprint density at radius 3 is 2.71 bits per heavy atom. The van der Waals surface area contributed by atoms with Crippen LogP contribution in [0.2, 0.25) is 0 Å². The van der Waals surface area contributed by atoms with E-state index in [2.05, 4.69) is 29.4 Å². The van der Waals surface area contributed by atoms with Gasteiger partial charge in [0.25, 0.3) is 0 Å². The van der Waals surface area contributed by atoms with Gasteiger partial charge in [0.05, 0.1) is 11.8 Å². The first-order valence-corrected chi connectivity index (χ1v) is 9.36. The minimum atomic E-state index is 0.0716. The summed E-state index contributed by atoms with van der Waals surface area (Å²) in [5, 5.41) is 9.26. The first kappa shape index (κ1) is 15.8. The molecule has 3 aliphatic carbocycles. The second kappa shape index (κ2) is 6.33. The average Bonchev–Trinajstić information content (AvgIpc) is 3.39. The molecule has 3 nitrogen and oxygen atoms in total. The Labute approximate surface area is 144 Å². The van der Waals surface area contributed by atoms with Crippen molar-refractivity contribution in [2.75, 3.05) is 7.11 Å². The number of benzene rings is 1. The van der Waals surface area contributed by atoms with Crippen molar-refractivity contribution in [2.24, 2.45) is 16.3 Å². The van der Waals surface area contributed by atoms with E-state index in [0.29, 0.717) is 6.10 Å². The van der Waals surface area contributed by atoms with E-state index < -0.39 is 0 Å². The predicted molar refractivity (Wildman–Crippen MR) is 95.0 cm³/mol. The van der Waals surface area contributed by atoms with Crippen LogP contribution < -0.4 is 0 Å². The molecule has 3 heteroatoms. The fraction of sp³-hybridized carbons (Fsp3) is 0.619. The molecule has 24 heavy (non-hydrogen) atoms. The molecule has 0 bridgehead atoms. The summed E-state index contributed by atoms with van der Waals surface area (Å²) in [6, 6.07) is 6.91. The highest BCUT2D eigenvalue weighted by atomic mass is 16.5. The maximum absolute atomic E-state index is 9.26. The molecule has 0 N–H and O–H groups in total. The maximum atomic E-state index is 9.26. The molecule has 1 aromatic rings. The maximum Gasteiger partial charge on any atom is 0.205 e. The minimum absolute atomic E-state index is 0.0716. The number of aryl methyl sites for hydroxylation is 1. The fourth-order valence-corrected chi connectivity index (χ4v) is 4.69. The Morgan fingerprint density at radius 2 is 2.04 bits per heavy atom. The summed E-state index contributed by atoms with van der Waals surface area (Å²) < 4.78 is 5.54. The zero-order valence-corrected chi connectivity index (χ0v) is 14.6. The number of nitrogens with zero attached hydrogens (tertiary/aromatic N) is 2. The van der Waals surface area contributed by atoms with Crippen LogP contribution in [0.25, 0.3) is 0 Å². The van der Waals surface area contributed by atoms with Gasteiger partial charge in [0.2, 0.25) is 6.19 Å². The Hall–Kier alpha value is -1.66. The van der Waals surface area contributed by atoms with Crippen molar-refractivity contribution in [1.82, 2.24) is 0 Å². The van der Waals surface area contributed by atoms with Gasteiger partial charge in [0, 0.05) is 18.1 Å². The van der Waals surface area contributed by atoms with E-state index >= 15 is 0 Å². The minimum Gasteiger partial charge on any atom is -0.381 e. The predicted octanol–water partition coefficient (Wildman–Crippen LogP) is 4.43. The molecule has 0 radical (unpaired) electrons. The number of ether oxygens (including phenoxy) is 1. The highest BCUT2D eigenvalue weighted by molar-refractivity contribution is 6.09. The van der Waals surface area contributed by atoms with Crippen LogP contribution in [-0.2, 0) is 17.6 Å². The number of methoxy groups -OCH3 is 1. The fourth-order valence-electron chi connectivity index (χ4n) is 4.69. The van der Waals surface area contributed by atoms with Crippen LogP contribution in [0.15, 0.2) is 23.2 Å². The van der Waals surface area contributed by atoms with Gasteiger partial charge in [-0.05, 0) is 68.1 Å². The van der Waals surface area contributed by atoms with Crippen LogP contribution in [0, 0.1) is 22.8 Å². The third kappa shape index (κ3) is 2.89. The summed E-state index contributed by atoms with van der Waals surface area (Å²) in [6.07, 6.45) is 13.1. The first-order valence-electron chi connectivity index (χ1n) is 9.36. The van der Waals surface area contributed by atoms with Crippen molar-refractivity contribution in [3.8, 4) is 6.19 Å². The largest absolute Gasteiger partial charge is 0.381 e. The molecule has 126 valence electrons. The summed E-state index contributed by atoms with van der Waals surface area (Å²) >= 11 is 0. The molecule has 0 aromatic heterocycles. The van der Waals surface area contributed by atoms with Gasteiger partial charge >= 0.3 is 0 Å². The van der Waals surface area contributed by atoms with Gasteiger partial charge < -0.3 is 4.74 Å². The van der Waals surface area contributed by atoms with Crippen LogP contribution >= 0.6 is 0 Å². The summed E-state index contributed by atoms with van der Waals surface area (Å²) in [6.45, 7) is 0. The highest BCUT2D eigenvalue weighted by Crippen LogP contribution is 2.48. The molecule has 1 spiro atoms. The number of hydrogen-bond donors (Lipinski definition) is 0. The van der Waals surface area contributed by atoms with Gasteiger partial charge in [0.1, 0.15) is 0 Å².